The summed E-state index contributed by atoms with van der Waals surface area (Å²) in [6.07, 6.45) is 2.98. The lowest BCUT2D eigenvalue weighted by atomic mass is 10.1. The summed E-state index contributed by atoms with van der Waals surface area (Å²) in [4.78, 5) is 38.4. The Morgan fingerprint density at radius 1 is 0.519 bits per heavy atom. The van der Waals surface area contributed by atoms with Crippen LogP contribution in [0, 0.1) is 0 Å². The molecule has 0 atom stereocenters. The lowest BCUT2D eigenvalue weighted by Crippen LogP contribution is -2.27. The molecule has 0 fully saturated rings. The van der Waals surface area contributed by atoms with E-state index in [0.29, 0.717) is 108 Å². The predicted octanol–water partition coefficient (Wildman–Crippen LogP) is 5.12. The van der Waals surface area contributed by atoms with E-state index in [-0.39, 0.29) is 11.8 Å². The van der Waals surface area contributed by atoms with Gasteiger partial charge in [-0.3, -0.25) is 9.59 Å². The van der Waals surface area contributed by atoms with Crippen LogP contribution in [-0.4, -0.2) is 110 Å². The number of alkyl halides is 1. The molecule has 0 aliphatic rings. The normalized spacial score (nSPS) is 10.8. The standard InChI is InChI=1S/C39H51IN8O6/c40-18-23-51-27-28-52-25-21-42-36(50)33-14-16-34(17-15-33)45-39-47-37(43-19-8-7-11-31-9-3-1-4-10-31)46-38(48-39)44-22-26-54-30-29-53-24-20-41-35(49)32-12-5-2-6-13-32/h1-6,9-10,12-17H,7-8,11,18-30H2,(H,41,49)(H,42,50)(H3,43,44,45,46,47,48). The van der Waals surface area contributed by atoms with Gasteiger partial charge in [0, 0.05) is 47.4 Å². The molecule has 1 heterocycles. The zero-order chi connectivity index (χ0) is 37.9. The number of aromatic nitrogens is 3. The van der Waals surface area contributed by atoms with Crippen LogP contribution in [0.25, 0.3) is 0 Å². The van der Waals surface area contributed by atoms with Crippen LogP contribution in [0.3, 0.4) is 0 Å². The monoisotopic (exact) mass is 854 g/mol. The summed E-state index contributed by atoms with van der Waals surface area (Å²) < 4.78 is 23.1. The van der Waals surface area contributed by atoms with E-state index in [0.717, 1.165) is 29.4 Å². The van der Waals surface area contributed by atoms with Gasteiger partial charge in [0.05, 0.1) is 52.9 Å². The second kappa shape index (κ2) is 26.4. The number of unbranched alkanes of at least 4 members (excludes halogenated alkanes) is 1. The fraction of sp³-hybridized carbons (Fsp3) is 0.410. The Bertz CT molecular complexity index is 1620. The first-order valence-corrected chi connectivity index (χ1v) is 19.8. The predicted molar refractivity (Wildman–Crippen MR) is 219 cm³/mol. The second-order valence-corrected chi connectivity index (χ2v) is 12.9. The van der Waals surface area contributed by atoms with Crippen LogP contribution in [0.1, 0.15) is 39.1 Å². The van der Waals surface area contributed by atoms with Gasteiger partial charge in [0.25, 0.3) is 11.8 Å². The number of carbonyl (C=O) groups excluding carboxylic acids is 2. The van der Waals surface area contributed by atoms with Gasteiger partial charge in [0.15, 0.2) is 0 Å². The minimum Gasteiger partial charge on any atom is -0.378 e. The minimum atomic E-state index is -0.183. The summed E-state index contributed by atoms with van der Waals surface area (Å²) in [5, 5.41) is 15.5. The highest BCUT2D eigenvalue weighted by Gasteiger charge is 2.10. The third-order valence-corrected chi connectivity index (χ3v) is 8.09. The number of anilines is 4. The van der Waals surface area contributed by atoms with Gasteiger partial charge in [-0.1, -0.05) is 71.1 Å². The van der Waals surface area contributed by atoms with E-state index < -0.39 is 0 Å². The summed E-state index contributed by atoms with van der Waals surface area (Å²) >= 11 is 2.26. The SMILES string of the molecule is O=C(NCCOCCOCCI)c1ccc(Nc2nc(NCCCCc3ccccc3)nc(NCCOCCOCCNC(=O)c3ccccc3)n2)cc1. The van der Waals surface area contributed by atoms with Crippen molar-refractivity contribution in [3.8, 4) is 0 Å². The number of hydrogen-bond donors (Lipinski definition) is 5. The Morgan fingerprint density at radius 3 is 1.61 bits per heavy atom. The van der Waals surface area contributed by atoms with Crippen molar-refractivity contribution in [2.24, 2.45) is 0 Å². The average molecular weight is 855 g/mol. The van der Waals surface area contributed by atoms with Gasteiger partial charge in [0.1, 0.15) is 0 Å². The van der Waals surface area contributed by atoms with Crippen molar-refractivity contribution >= 4 is 57.9 Å². The Morgan fingerprint density at radius 2 is 1.02 bits per heavy atom. The lowest BCUT2D eigenvalue weighted by Gasteiger charge is -2.12. The number of amides is 2. The Labute approximate surface area is 331 Å². The molecule has 290 valence electrons. The molecule has 1 aromatic heterocycles. The fourth-order valence-corrected chi connectivity index (χ4v) is 5.24. The van der Waals surface area contributed by atoms with E-state index in [4.69, 9.17) is 18.9 Å². The van der Waals surface area contributed by atoms with Gasteiger partial charge in [-0.05, 0) is 61.2 Å². The first kappa shape index (κ1) is 42.3. The summed E-state index contributed by atoms with van der Waals surface area (Å²) in [5.41, 5.74) is 3.18. The Kier molecular flexibility index (Phi) is 20.7. The highest BCUT2D eigenvalue weighted by molar-refractivity contribution is 14.1. The molecule has 14 nitrogen and oxygen atoms in total. The third-order valence-electron chi connectivity index (χ3n) is 7.65. The maximum absolute atomic E-state index is 12.6. The molecule has 0 radical (unpaired) electrons. The minimum absolute atomic E-state index is 0.126. The molecule has 4 aromatic rings. The van der Waals surface area contributed by atoms with Crippen molar-refractivity contribution in [3.63, 3.8) is 0 Å². The van der Waals surface area contributed by atoms with Gasteiger partial charge in [0.2, 0.25) is 17.8 Å². The summed E-state index contributed by atoms with van der Waals surface area (Å²) in [6.45, 7) is 5.77. The zero-order valence-corrected chi connectivity index (χ0v) is 32.7. The third kappa shape index (κ3) is 17.6. The first-order valence-electron chi connectivity index (χ1n) is 18.2. The van der Waals surface area contributed by atoms with Crippen LogP contribution >= 0.6 is 22.6 Å². The molecule has 0 saturated carbocycles. The zero-order valence-electron chi connectivity index (χ0n) is 30.6. The van der Waals surface area contributed by atoms with Crippen LogP contribution in [0.5, 0.6) is 0 Å². The lowest BCUT2D eigenvalue weighted by molar-refractivity contribution is 0.0519. The molecule has 15 heteroatoms. The molecule has 0 aliphatic carbocycles. The van der Waals surface area contributed by atoms with Crippen LogP contribution in [0.4, 0.5) is 23.5 Å². The van der Waals surface area contributed by atoms with Crippen molar-refractivity contribution in [3.05, 3.63) is 102 Å². The second-order valence-electron chi connectivity index (χ2n) is 11.8. The molecule has 0 saturated heterocycles. The van der Waals surface area contributed by atoms with E-state index in [9.17, 15) is 9.59 Å². The van der Waals surface area contributed by atoms with Gasteiger partial charge in [-0.15, -0.1) is 0 Å². The largest absolute Gasteiger partial charge is 0.378 e. The van der Waals surface area contributed by atoms with Crippen LogP contribution in [0.2, 0.25) is 0 Å². The van der Waals surface area contributed by atoms with E-state index in [1.165, 1.54) is 5.56 Å². The molecule has 0 unspecified atom stereocenters. The first-order chi connectivity index (χ1) is 26.6. The molecule has 0 aliphatic heterocycles. The molecule has 4 rings (SSSR count). The molecule has 2 amide bonds. The smallest absolute Gasteiger partial charge is 0.251 e. The van der Waals surface area contributed by atoms with Crippen LogP contribution in [-0.2, 0) is 25.4 Å². The number of nitrogens with one attached hydrogen (secondary N) is 5. The maximum atomic E-state index is 12.6. The molecular weight excluding hydrogens is 803 g/mol. The van der Waals surface area contributed by atoms with Crippen molar-refractivity contribution in [1.29, 1.82) is 0 Å². The summed E-state index contributed by atoms with van der Waals surface area (Å²) in [5.74, 6) is 0.878. The van der Waals surface area contributed by atoms with Gasteiger partial charge < -0.3 is 45.5 Å². The van der Waals surface area contributed by atoms with E-state index in [1.807, 2.05) is 24.3 Å². The van der Waals surface area contributed by atoms with Gasteiger partial charge >= 0.3 is 0 Å². The summed E-state index contributed by atoms with van der Waals surface area (Å²) in [6, 6.07) is 26.6. The van der Waals surface area contributed by atoms with Crippen molar-refractivity contribution in [2.75, 3.05) is 99.4 Å². The number of hydrogen-bond acceptors (Lipinski definition) is 12. The topological polar surface area (TPSA) is 170 Å². The van der Waals surface area contributed by atoms with Crippen molar-refractivity contribution < 1.29 is 28.5 Å². The number of benzene rings is 3. The Hall–Kier alpha value is -4.42. The van der Waals surface area contributed by atoms with E-state index in [1.54, 1.807) is 36.4 Å². The van der Waals surface area contributed by atoms with Gasteiger partial charge in [-0.2, -0.15) is 15.0 Å². The number of halogens is 1. The number of nitrogens with zero attached hydrogens (tertiary/aromatic N) is 3. The van der Waals surface area contributed by atoms with Gasteiger partial charge in [-0.25, -0.2) is 0 Å². The van der Waals surface area contributed by atoms with Crippen LogP contribution in [0.15, 0.2) is 84.9 Å². The maximum Gasteiger partial charge on any atom is 0.251 e. The molecule has 54 heavy (non-hydrogen) atoms. The average Bonchev–Trinajstić information content (AvgIpc) is 3.20. The highest BCUT2D eigenvalue weighted by atomic mass is 127. The quantitative estimate of drug-likeness (QED) is 0.0291. The fourth-order valence-electron chi connectivity index (χ4n) is 4.92. The highest BCUT2D eigenvalue weighted by Crippen LogP contribution is 2.17. The van der Waals surface area contributed by atoms with Crippen LogP contribution < -0.4 is 26.6 Å². The number of ether oxygens (including phenoxy) is 4. The molecular formula is C39H51IN8O6. The summed E-state index contributed by atoms with van der Waals surface area (Å²) in [7, 11) is 0. The van der Waals surface area contributed by atoms with Crippen molar-refractivity contribution in [2.45, 2.75) is 19.3 Å². The number of carbonyl (C=O) groups is 2. The van der Waals surface area contributed by atoms with Crippen molar-refractivity contribution in [1.82, 2.24) is 25.6 Å². The molecule has 0 spiro atoms. The van der Waals surface area contributed by atoms with E-state index in [2.05, 4.69) is 88.4 Å². The molecule has 5 N–H and O–H groups in total. The Balaban J connectivity index is 1.19. The molecule has 3 aromatic carbocycles. The number of aryl methyl sites for hydroxylation is 1. The number of rotatable bonds is 28. The molecule has 0 bridgehead atoms. The van der Waals surface area contributed by atoms with E-state index >= 15 is 0 Å².